The lowest BCUT2D eigenvalue weighted by Gasteiger charge is -2.33. The van der Waals surface area contributed by atoms with E-state index in [9.17, 15) is 32.2 Å². The number of ketones is 1. The summed E-state index contributed by atoms with van der Waals surface area (Å²) in [5, 5.41) is 9.32. The highest BCUT2D eigenvalue weighted by Crippen LogP contribution is 2.28. The Bertz CT molecular complexity index is 1270. The molecule has 1 aliphatic heterocycles. The van der Waals surface area contributed by atoms with Gasteiger partial charge in [-0.15, -0.1) is 0 Å². The second-order valence-corrected chi connectivity index (χ2v) is 10.2. The summed E-state index contributed by atoms with van der Waals surface area (Å²) in [5.41, 5.74) is 0.402. The maximum Gasteiger partial charge on any atom is 0.283 e. The van der Waals surface area contributed by atoms with Crippen molar-refractivity contribution < 1.29 is 31.7 Å². The molecule has 1 amide bonds. The van der Waals surface area contributed by atoms with Crippen LogP contribution in [-0.2, 0) is 10.1 Å². The fourth-order valence-electron chi connectivity index (χ4n) is 4.10. The van der Waals surface area contributed by atoms with Gasteiger partial charge in [-0.3, -0.25) is 14.1 Å². The topological polar surface area (TPSA) is 128 Å². The van der Waals surface area contributed by atoms with Gasteiger partial charge in [-0.1, -0.05) is 11.6 Å². The number of carbonyl (C=O) groups is 2. The van der Waals surface area contributed by atoms with Gasteiger partial charge in [-0.05, 0) is 56.3 Å². The lowest BCUT2D eigenvalue weighted by atomic mass is 9.89. The summed E-state index contributed by atoms with van der Waals surface area (Å²) in [6.07, 6.45) is 1.11. The SMILES string of the molecule is COc1cc(Cl)c(C#N)cc1C(=O)N(CCN1CCC(C(=O)c2ccc(F)cc2)CC1)CS(=O)(=O)O. The van der Waals surface area contributed by atoms with E-state index in [1.807, 2.05) is 11.0 Å². The third-order valence-corrected chi connectivity index (χ3v) is 6.97. The molecule has 0 unspecified atom stereocenters. The number of nitrogens with zero attached hydrogens (tertiary/aromatic N) is 3. The summed E-state index contributed by atoms with van der Waals surface area (Å²) >= 11 is 6.00. The third-order valence-electron chi connectivity index (χ3n) is 6.02. The quantitative estimate of drug-likeness (QED) is 0.381. The summed E-state index contributed by atoms with van der Waals surface area (Å²) in [7, 11) is -3.24. The van der Waals surface area contributed by atoms with Gasteiger partial charge in [-0.2, -0.15) is 13.7 Å². The van der Waals surface area contributed by atoms with E-state index in [0.717, 1.165) is 4.90 Å². The molecule has 1 heterocycles. The molecular formula is C24H25ClFN3O6S. The molecule has 1 N–H and O–H groups in total. The summed E-state index contributed by atoms with van der Waals surface area (Å²) in [6.45, 7) is 1.32. The van der Waals surface area contributed by atoms with E-state index in [2.05, 4.69) is 0 Å². The fourth-order valence-corrected chi connectivity index (χ4v) is 4.94. The summed E-state index contributed by atoms with van der Waals surface area (Å²) in [6, 6.07) is 9.79. The third kappa shape index (κ3) is 7.01. The predicted octanol–water partition coefficient (Wildman–Crippen LogP) is 3.24. The van der Waals surface area contributed by atoms with Gasteiger partial charge in [-0.25, -0.2) is 4.39 Å². The number of ether oxygens (including phenoxy) is 1. The Labute approximate surface area is 213 Å². The molecule has 12 heteroatoms. The Morgan fingerprint density at radius 3 is 2.44 bits per heavy atom. The lowest BCUT2D eigenvalue weighted by molar-refractivity contribution is 0.0734. The summed E-state index contributed by atoms with van der Waals surface area (Å²) in [4.78, 5) is 28.8. The fraction of sp³-hybridized carbons (Fsp3) is 0.375. The van der Waals surface area contributed by atoms with E-state index in [1.165, 1.54) is 43.5 Å². The first-order valence-corrected chi connectivity index (χ1v) is 13.0. The maximum atomic E-state index is 13.2. The number of rotatable bonds is 9. The van der Waals surface area contributed by atoms with E-state index in [0.29, 0.717) is 38.0 Å². The molecule has 9 nitrogen and oxygen atoms in total. The molecule has 0 atom stereocenters. The number of methoxy groups -OCH3 is 1. The zero-order chi connectivity index (χ0) is 26.5. The number of hydrogen-bond acceptors (Lipinski definition) is 7. The van der Waals surface area contributed by atoms with Gasteiger partial charge in [0, 0.05) is 30.6 Å². The molecule has 1 fully saturated rings. The normalized spacial score (nSPS) is 14.8. The van der Waals surface area contributed by atoms with Crippen molar-refractivity contribution in [1.82, 2.24) is 9.80 Å². The van der Waals surface area contributed by atoms with Gasteiger partial charge >= 0.3 is 0 Å². The van der Waals surface area contributed by atoms with Crippen molar-refractivity contribution in [2.45, 2.75) is 12.8 Å². The van der Waals surface area contributed by atoms with Crippen LogP contribution >= 0.6 is 11.6 Å². The van der Waals surface area contributed by atoms with Crippen LogP contribution in [0.5, 0.6) is 5.75 Å². The number of carbonyl (C=O) groups excluding carboxylic acids is 2. The smallest absolute Gasteiger partial charge is 0.283 e. The zero-order valence-corrected chi connectivity index (χ0v) is 21.1. The standard InChI is InChI=1S/C24H25ClFN3O6S/c1-35-22-13-21(25)18(14-27)12-20(22)24(31)29(15-36(32,33)34)11-10-28-8-6-17(7-9-28)23(30)16-2-4-19(26)5-3-16/h2-5,12-13,17H,6-11,15H2,1H3,(H,32,33,34). The predicted molar refractivity (Wildman–Crippen MR) is 130 cm³/mol. The molecule has 0 radical (unpaired) electrons. The number of likely N-dealkylation sites (tertiary alicyclic amines) is 1. The van der Waals surface area contributed by atoms with Crippen LogP contribution in [0.25, 0.3) is 0 Å². The molecule has 1 saturated heterocycles. The molecule has 0 bridgehead atoms. The number of nitriles is 1. The van der Waals surface area contributed by atoms with Crippen LogP contribution in [0.15, 0.2) is 36.4 Å². The highest BCUT2D eigenvalue weighted by molar-refractivity contribution is 7.85. The van der Waals surface area contributed by atoms with Crippen LogP contribution in [0.4, 0.5) is 4.39 Å². The maximum absolute atomic E-state index is 13.2. The number of Topliss-reactive ketones (excluding diaryl/α,β-unsaturated/α-hetero) is 1. The molecule has 2 aromatic carbocycles. The molecular weight excluding hydrogens is 513 g/mol. The van der Waals surface area contributed by atoms with Crippen molar-refractivity contribution in [3.05, 3.63) is 63.9 Å². The molecule has 2 aromatic rings. The summed E-state index contributed by atoms with van der Waals surface area (Å²) in [5.74, 6) is -2.32. The highest BCUT2D eigenvalue weighted by atomic mass is 35.5. The van der Waals surface area contributed by atoms with E-state index in [1.54, 1.807) is 0 Å². The van der Waals surface area contributed by atoms with Crippen LogP contribution in [0, 0.1) is 23.1 Å². The molecule has 0 saturated carbocycles. The zero-order valence-electron chi connectivity index (χ0n) is 19.5. The van der Waals surface area contributed by atoms with E-state index in [-0.39, 0.29) is 40.1 Å². The Morgan fingerprint density at radius 2 is 1.89 bits per heavy atom. The second-order valence-electron chi connectivity index (χ2n) is 8.41. The average molecular weight is 538 g/mol. The van der Waals surface area contributed by atoms with Gasteiger partial charge in [0.05, 0.1) is 23.3 Å². The minimum Gasteiger partial charge on any atom is -0.496 e. The van der Waals surface area contributed by atoms with Gasteiger partial charge in [0.25, 0.3) is 16.0 Å². The minimum absolute atomic E-state index is 0.0144. The molecule has 0 aliphatic carbocycles. The van der Waals surface area contributed by atoms with Gasteiger partial charge in [0.1, 0.15) is 23.5 Å². The number of hydrogen-bond donors (Lipinski definition) is 1. The molecule has 0 spiro atoms. The first kappa shape index (κ1) is 27.5. The van der Waals surface area contributed by atoms with Crippen molar-refractivity contribution in [2.75, 3.05) is 39.2 Å². The highest BCUT2D eigenvalue weighted by Gasteiger charge is 2.28. The largest absolute Gasteiger partial charge is 0.496 e. The van der Waals surface area contributed by atoms with Gasteiger partial charge < -0.3 is 14.5 Å². The Balaban J connectivity index is 1.68. The number of amides is 1. The first-order valence-electron chi connectivity index (χ1n) is 11.1. The van der Waals surface area contributed by atoms with Crippen LogP contribution < -0.4 is 4.74 Å². The van der Waals surface area contributed by atoms with Crippen molar-refractivity contribution in [2.24, 2.45) is 5.92 Å². The van der Waals surface area contributed by atoms with E-state index in [4.69, 9.17) is 16.3 Å². The van der Waals surface area contributed by atoms with Gasteiger partial charge in [0.2, 0.25) is 0 Å². The molecule has 36 heavy (non-hydrogen) atoms. The van der Waals surface area contributed by atoms with Crippen molar-refractivity contribution in [3.63, 3.8) is 0 Å². The molecule has 0 aromatic heterocycles. The molecule has 1 aliphatic rings. The van der Waals surface area contributed by atoms with Crippen molar-refractivity contribution in [3.8, 4) is 11.8 Å². The van der Waals surface area contributed by atoms with E-state index >= 15 is 0 Å². The summed E-state index contributed by atoms with van der Waals surface area (Å²) < 4.78 is 51.0. The first-order chi connectivity index (χ1) is 17.0. The molecule has 192 valence electrons. The van der Waals surface area contributed by atoms with Crippen LogP contribution in [-0.4, -0.2) is 73.6 Å². The Kier molecular flexibility index (Phi) is 9.03. The molecule has 3 rings (SSSR count). The number of halogens is 2. The minimum atomic E-state index is -4.54. The Hall–Kier alpha value is -3.04. The Morgan fingerprint density at radius 1 is 1.25 bits per heavy atom. The van der Waals surface area contributed by atoms with E-state index < -0.39 is 27.7 Å². The van der Waals surface area contributed by atoms with Crippen LogP contribution in [0.2, 0.25) is 5.02 Å². The lowest BCUT2D eigenvalue weighted by Crippen LogP contribution is -2.44. The number of benzene rings is 2. The van der Waals surface area contributed by atoms with Gasteiger partial charge in [0.15, 0.2) is 5.78 Å². The number of piperidine rings is 1. The second kappa shape index (κ2) is 11.8. The van der Waals surface area contributed by atoms with Crippen molar-refractivity contribution >= 4 is 33.4 Å². The monoisotopic (exact) mass is 537 g/mol. The van der Waals surface area contributed by atoms with Crippen molar-refractivity contribution in [1.29, 1.82) is 5.26 Å². The van der Waals surface area contributed by atoms with Crippen LogP contribution in [0.1, 0.15) is 39.1 Å². The average Bonchev–Trinajstić information content (AvgIpc) is 2.85. The van der Waals surface area contributed by atoms with Crippen LogP contribution in [0.3, 0.4) is 0 Å².